The molecule has 0 fully saturated rings. The van der Waals surface area contributed by atoms with Crippen molar-refractivity contribution in [3.8, 4) is 11.3 Å². The number of hydrogen-bond donors (Lipinski definition) is 1. The van der Waals surface area contributed by atoms with Crippen LogP contribution in [0.25, 0.3) is 22.2 Å². The Kier molecular flexibility index (Phi) is 6.15. The number of aromatic nitrogens is 2. The fourth-order valence-corrected chi connectivity index (χ4v) is 3.81. The summed E-state index contributed by atoms with van der Waals surface area (Å²) in [7, 11) is 0. The average Bonchev–Trinajstić information content (AvgIpc) is 3.11. The molecule has 5 heteroatoms. The molecule has 30 heavy (non-hydrogen) atoms. The Morgan fingerprint density at radius 3 is 2.47 bits per heavy atom. The number of hydrogen-bond acceptors (Lipinski definition) is 2. The van der Waals surface area contributed by atoms with E-state index in [1.807, 2.05) is 73.7 Å². The van der Waals surface area contributed by atoms with E-state index in [2.05, 4.69) is 17.4 Å². The maximum absolute atomic E-state index is 12.7. The number of amides is 1. The highest BCUT2D eigenvalue weighted by atomic mass is 35.5. The Morgan fingerprint density at radius 1 is 1.03 bits per heavy atom. The van der Waals surface area contributed by atoms with Gasteiger partial charge in [0.05, 0.1) is 5.52 Å². The first-order valence-electron chi connectivity index (χ1n) is 10.1. The molecule has 0 saturated carbocycles. The average molecular weight is 418 g/mol. The second-order valence-corrected chi connectivity index (χ2v) is 7.96. The summed E-state index contributed by atoms with van der Waals surface area (Å²) >= 11 is 6.23. The number of nitrogens with one attached hydrogen (secondary N) is 1. The van der Waals surface area contributed by atoms with Crippen LogP contribution in [-0.2, 0) is 17.8 Å². The predicted molar refractivity (Wildman–Crippen MR) is 123 cm³/mol. The summed E-state index contributed by atoms with van der Waals surface area (Å²) in [6.07, 6.45) is 1.82. The SMILES string of the molecule is CC(CCc1ccccc1)NC(=O)Cn1nc(-c2ccccc2)c2cc(Cl)ccc21. The van der Waals surface area contributed by atoms with Gasteiger partial charge in [-0.15, -0.1) is 0 Å². The Bertz CT molecular complexity index is 1140. The molecule has 4 nitrogen and oxygen atoms in total. The van der Waals surface area contributed by atoms with Crippen LogP contribution in [0, 0.1) is 0 Å². The number of carbonyl (C=O) groups is 1. The van der Waals surface area contributed by atoms with Gasteiger partial charge in [-0.05, 0) is 43.5 Å². The van der Waals surface area contributed by atoms with E-state index in [0.717, 1.165) is 35.0 Å². The van der Waals surface area contributed by atoms with Crippen LogP contribution >= 0.6 is 11.6 Å². The summed E-state index contributed by atoms with van der Waals surface area (Å²) in [5, 5.41) is 9.43. The number of aryl methyl sites for hydroxylation is 1. The highest BCUT2D eigenvalue weighted by Crippen LogP contribution is 2.30. The van der Waals surface area contributed by atoms with Crippen LogP contribution < -0.4 is 5.32 Å². The zero-order valence-corrected chi connectivity index (χ0v) is 17.6. The van der Waals surface area contributed by atoms with Crippen molar-refractivity contribution < 1.29 is 4.79 Å². The molecule has 4 rings (SSSR count). The molecule has 1 heterocycles. The number of carbonyl (C=O) groups excluding carboxylic acids is 1. The lowest BCUT2D eigenvalue weighted by Crippen LogP contribution is -2.35. The fraction of sp³-hybridized carbons (Fsp3) is 0.200. The van der Waals surface area contributed by atoms with Crippen molar-refractivity contribution in [2.75, 3.05) is 0 Å². The van der Waals surface area contributed by atoms with Gasteiger partial charge < -0.3 is 5.32 Å². The lowest BCUT2D eigenvalue weighted by atomic mass is 10.1. The van der Waals surface area contributed by atoms with E-state index in [-0.39, 0.29) is 18.5 Å². The van der Waals surface area contributed by atoms with E-state index in [4.69, 9.17) is 16.7 Å². The highest BCUT2D eigenvalue weighted by molar-refractivity contribution is 6.31. The quantitative estimate of drug-likeness (QED) is 0.432. The molecule has 0 bridgehead atoms. The third-order valence-corrected chi connectivity index (χ3v) is 5.40. The molecule has 1 unspecified atom stereocenters. The Hall–Kier alpha value is -3.11. The van der Waals surface area contributed by atoms with Crippen LogP contribution in [0.2, 0.25) is 5.02 Å². The molecule has 1 aromatic heterocycles. The molecule has 152 valence electrons. The third kappa shape index (κ3) is 4.71. The summed E-state index contributed by atoms with van der Waals surface area (Å²) in [4.78, 5) is 12.7. The van der Waals surface area contributed by atoms with E-state index in [1.54, 1.807) is 4.68 Å². The first-order valence-corrected chi connectivity index (χ1v) is 10.5. The Morgan fingerprint density at radius 2 is 1.73 bits per heavy atom. The maximum atomic E-state index is 12.7. The minimum absolute atomic E-state index is 0.0467. The zero-order valence-electron chi connectivity index (χ0n) is 16.9. The largest absolute Gasteiger partial charge is 0.352 e. The zero-order chi connectivity index (χ0) is 20.9. The first-order chi connectivity index (χ1) is 14.6. The van der Waals surface area contributed by atoms with Gasteiger partial charge in [-0.3, -0.25) is 9.48 Å². The molecule has 1 N–H and O–H groups in total. The monoisotopic (exact) mass is 417 g/mol. The number of nitrogens with zero attached hydrogens (tertiary/aromatic N) is 2. The Balaban J connectivity index is 1.48. The van der Waals surface area contributed by atoms with Crippen molar-refractivity contribution in [2.24, 2.45) is 0 Å². The van der Waals surface area contributed by atoms with Crippen molar-refractivity contribution in [3.63, 3.8) is 0 Å². The Labute approximate surface area is 181 Å². The summed E-state index contributed by atoms with van der Waals surface area (Å²) in [5.74, 6) is -0.0467. The molecule has 0 radical (unpaired) electrons. The van der Waals surface area contributed by atoms with Gasteiger partial charge >= 0.3 is 0 Å². The van der Waals surface area contributed by atoms with Crippen LogP contribution in [0.3, 0.4) is 0 Å². The molecular formula is C25H24ClN3O. The highest BCUT2D eigenvalue weighted by Gasteiger charge is 2.16. The van der Waals surface area contributed by atoms with Crippen LogP contribution in [0.15, 0.2) is 78.9 Å². The topological polar surface area (TPSA) is 46.9 Å². The summed E-state index contributed by atoms with van der Waals surface area (Å²) in [5.41, 5.74) is 4.00. The molecular weight excluding hydrogens is 394 g/mol. The fourth-order valence-electron chi connectivity index (χ4n) is 3.64. The van der Waals surface area contributed by atoms with E-state index < -0.39 is 0 Å². The molecule has 1 atom stereocenters. The van der Waals surface area contributed by atoms with Gasteiger partial charge in [0.25, 0.3) is 0 Å². The second kappa shape index (κ2) is 9.14. The van der Waals surface area contributed by atoms with Gasteiger partial charge in [-0.1, -0.05) is 72.3 Å². The number of benzene rings is 3. The molecule has 0 spiro atoms. The third-order valence-electron chi connectivity index (χ3n) is 5.17. The smallest absolute Gasteiger partial charge is 0.241 e. The summed E-state index contributed by atoms with van der Waals surface area (Å²) in [6.45, 7) is 2.21. The molecule has 4 aromatic rings. The van der Waals surface area contributed by atoms with Crippen molar-refractivity contribution in [2.45, 2.75) is 32.4 Å². The molecule has 0 saturated heterocycles. The minimum Gasteiger partial charge on any atom is -0.352 e. The number of fused-ring (bicyclic) bond motifs is 1. The van der Waals surface area contributed by atoms with Gasteiger partial charge in [-0.25, -0.2) is 0 Å². The number of rotatable bonds is 7. The van der Waals surface area contributed by atoms with E-state index in [0.29, 0.717) is 5.02 Å². The lowest BCUT2D eigenvalue weighted by Gasteiger charge is -2.14. The predicted octanol–water partition coefficient (Wildman–Crippen LogP) is 5.49. The van der Waals surface area contributed by atoms with Crippen LogP contribution in [-0.4, -0.2) is 21.7 Å². The first kappa shape index (κ1) is 20.2. The van der Waals surface area contributed by atoms with Crippen LogP contribution in [0.1, 0.15) is 18.9 Å². The van der Waals surface area contributed by atoms with Gasteiger partial charge in [0.1, 0.15) is 12.2 Å². The van der Waals surface area contributed by atoms with Gasteiger partial charge in [-0.2, -0.15) is 5.10 Å². The molecule has 3 aromatic carbocycles. The van der Waals surface area contributed by atoms with E-state index in [9.17, 15) is 4.79 Å². The number of halogens is 1. The molecule has 1 amide bonds. The van der Waals surface area contributed by atoms with Crippen molar-refractivity contribution >= 4 is 28.4 Å². The van der Waals surface area contributed by atoms with Gasteiger partial charge in [0.15, 0.2) is 0 Å². The van der Waals surface area contributed by atoms with E-state index >= 15 is 0 Å². The molecule has 0 aliphatic heterocycles. The van der Waals surface area contributed by atoms with Gasteiger partial charge in [0, 0.05) is 22.0 Å². The molecule has 0 aliphatic carbocycles. The maximum Gasteiger partial charge on any atom is 0.241 e. The van der Waals surface area contributed by atoms with Crippen molar-refractivity contribution in [1.82, 2.24) is 15.1 Å². The summed E-state index contributed by atoms with van der Waals surface area (Å²) in [6, 6.07) is 26.0. The van der Waals surface area contributed by atoms with Crippen molar-refractivity contribution in [3.05, 3.63) is 89.4 Å². The summed E-state index contributed by atoms with van der Waals surface area (Å²) < 4.78 is 1.76. The minimum atomic E-state index is -0.0467. The van der Waals surface area contributed by atoms with Crippen molar-refractivity contribution in [1.29, 1.82) is 0 Å². The standard InChI is InChI=1S/C25H24ClN3O/c1-18(12-13-19-8-4-2-5-9-19)27-24(30)17-29-23-15-14-21(26)16-22(23)25(28-29)20-10-6-3-7-11-20/h2-11,14-16,18H,12-13,17H2,1H3,(H,27,30). The lowest BCUT2D eigenvalue weighted by molar-refractivity contribution is -0.122. The van der Waals surface area contributed by atoms with Crippen LogP contribution in [0.5, 0.6) is 0 Å². The molecule has 0 aliphatic rings. The normalized spacial score (nSPS) is 12.1. The van der Waals surface area contributed by atoms with E-state index in [1.165, 1.54) is 5.56 Å². The second-order valence-electron chi connectivity index (χ2n) is 7.53. The van der Waals surface area contributed by atoms with Gasteiger partial charge in [0.2, 0.25) is 5.91 Å². The van der Waals surface area contributed by atoms with Crippen LogP contribution in [0.4, 0.5) is 0 Å².